The molecule has 176 valence electrons. The van der Waals surface area contributed by atoms with Crippen molar-refractivity contribution in [1.29, 1.82) is 0 Å². The molecular weight excluding hydrogens is 554 g/mol. The zero-order chi connectivity index (χ0) is 23.7. The van der Waals surface area contributed by atoms with E-state index in [4.69, 9.17) is 4.98 Å². The van der Waals surface area contributed by atoms with Crippen LogP contribution in [0.4, 0.5) is 5.13 Å². The molecule has 1 amide bonds. The van der Waals surface area contributed by atoms with Crippen molar-refractivity contribution >= 4 is 69.9 Å². The molecule has 2 aromatic carbocycles. The zero-order valence-electron chi connectivity index (χ0n) is 18.1. The second-order valence-corrected chi connectivity index (χ2v) is 13.2. The van der Waals surface area contributed by atoms with Gasteiger partial charge in [-0.05, 0) is 48.1 Å². The van der Waals surface area contributed by atoms with E-state index in [1.54, 1.807) is 22.4 Å². The number of thiophene rings is 1. The van der Waals surface area contributed by atoms with Crippen LogP contribution in [0.1, 0.15) is 18.4 Å². The summed E-state index contributed by atoms with van der Waals surface area (Å²) in [6, 6.07) is 19.1. The SMILES string of the molecule is O=C(C1CCN(S(=O)(=O)c2cccs2)CC1)N(Cc1ccccc1)c1nc2ccc(Br)cc2s1. The van der Waals surface area contributed by atoms with Crippen molar-refractivity contribution in [3.8, 4) is 0 Å². The van der Waals surface area contributed by atoms with Crippen LogP contribution in [0.25, 0.3) is 10.2 Å². The quantitative estimate of drug-likeness (QED) is 0.293. The first-order chi connectivity index (χ1) is 16.4. The number of carbonyl (C=O) groups excluding carboxylic acids is 1. The number of nitrogens with zero attached hydrogens (tertiary/aromatic N) is 3. The highest BCUT2D eigenvalue weighted by Crippen LogP contribution is 2.34. The third-order valence-electron chi connectivity index (χ3n) is 5.91. The molecular formula is C24H22BrN3O3S3. The van der Waals surface area contributed by atoms with Crippen molar-refractivity contribution < 1.29 is 13.2 Å². The van der Waals surface area contributed by atoms with E-state index in [0.29, 0.717) is 41.8 Å². The van der Waals surface area contributed by atoms with E-state index in [1.807, 2.05) is 48.5 Å². The fourth-order valence-electron chi connectivity index (χ4n) is 4.11. The molecule has 0 radical (unpaired) electrons. The number of amides is 1. The minimum absolute atomic E-state index is 0.00449. The summed E-state index contributed by atoms with van der Waals surface area (Å²) in [4.78, 5) is 20.3. The maximum Gasteiger partial charge on any atom is 0.252 e. The summed E-state index contributed by atoms with van der Waals surface area (Å²) in [6.07, 6.45) is 0.982. The number of benzene rings is 2. The van der Waals surface area contributed by atoms with Gasteiger partial charge in [0.2, 0.25) is 5.91 Å². The summed E-state index contributed by atoms with van der Waals surface area (Å²) in [7, 11) is -3.50. The number of hydrogen-bond acceptors (Lipinski definition) is 6. The Hall–Kier alpha value is -2.11. The topological polar surface area (TPSA) is 70.6 Å². The normalized spacial score (nSPS) is 15.6. The number of hydrogen-bond donors (Lipinski definition) is 0. The van der Waals surface area contributed by atoms with Gasteiger partial charge in [0, 0.05) is 23.5 Å². The number of piperidine rings is 1. The van der Waals surface area contributed by atoms with E-state index in [0.717, 1.165) is 20.3 Å². The molecule has 4 aromatic rings. The van der Waals surface area contributed by atoms with E-state index in [9.17, 15) is 13.2 Å². The molecule has 6 nitrogen and oxygen atoms in total. The van der Waals surface area contributed by atoms with Gasteiger partial charge in [0.15, 0.2) is 5.13 Å². The summed E-state index contributed by atoms with van der Waals surface area (Å²) in [6.45, 7) is 1.10. The standard InChI is InChI=1S/C24H22BrN3O3S3/c25-19-8-9-20-21(15-19)33-24(26-20)28(16-17-5-2-1-3-6-17)23(29)18-10-12-27(13-11-18)34(30,31)22-7-4-14-32-22/h1-9,14-15,18H,10-13,16H2. The average Bonchev–Trinajstić information content (AvgIpc) is 3.53. The predicted octanol–water partition coefficient (Wildman–Crippen LogP) is 5.75. The first-order valence-electron chi connectivity index (χ1n) is 10.9. The molecule has 0 saturated carbocycles. The molecule has 1 aliphatic heterocycles. The molecule has 1 saturated heterocycles. The fourth-order valence-corrected chi connectivity index (χ4v) is 8.24. The number of anilines is 1. The lowest BCUT2D eigenvalue weighted by atomic mass is 9.96. The van der Waals surface area contributed by atoms with Crippen molar-refractivity contribution in [1.82, 2.24) is 9.29 Å². The van der Waals surface area contributed by atoms with Crippen molar-refractivity contribution in [2.24, 2.45) is 5.92 Å². The number of halogens is 1. The number of carbonyl (C=O) groups is 1. The second-order valence-electron chi connectivity index (χ2n) is 8.13. The molecule has 0 unspecified atom stereocenters. The lowest BCUT2D eigenvalue weighted by molar-refractivity contribution is -0.123. The third-order valence-corrected chi connectivity index (χ3v) is 10.7. The Bertz CT molecular complexity index is 1400. The van der Waals surface area contributed by atoms with Gasteiger partial charge in [-0.3, -0.25) is 9.69 Å². The highest BCUT2D eigenvalue weighted by molar-refractivity contribution is 9.10. The molecule has 34 heavy (non-hydrogen) atoms. The highest BCUT2D eigenvalue weighted by atomic mass is 79.9. The average molecular weight is 577 g/mol. The monoisotopic (exact) mass is 575 g/mol. The largest absolute Gasteiger partial charge is 0.283 e. The minimum atomic E-state index is -3.50. The summed E-state index contributed by atoms with van der Waals surface area (Å²) in [5.74, 6) is -0.257. The Morgan fingerprint density at radius 3 is 2.56 bits per heavy atom. The molecule has 0 atom stereocenters. The van der Waals surface area contributed by atoms with Gasteiger partial charge in [0.25, 0.3) is 10.0 Å². The maximum atomic E-state index is 13.7. The van der Waals surface area contributed by atoms with E-state index < -0.39 is 10.0 Å². The second kappa shape index (κ2) is 9.87. The van der Waals surface area contributed by atoms with Crippen LogP contribution in [0.3, 0.4) is 0 Å². The van der Waals surface area contributed by atoms with Gasteiger partial charge in [-0.25, -0.2) is 13.4 Å². The first-order valence-corrected chi connectivity index (χ1v) is 14.8. The molecule has 5 rings (SSSR count). The molecule has 1 fully saturated rings. The molecule has 10 heteroatoms. The van der Waals surface area contributed by atoms with E-state index >= 15 is 0 Å². The van der Waals surface area contributed by atoms with Gasteiger partial charge >= 0.3 is 0 Å². The molecule has 3 heterocycles. The molecule has 0 N–H and O–H groups in total. The van der Waals surface area contributed by atoms with Gasteiger partial charge in [0.05, 0.1) is 16.8 Å². The van der Waals surface area contributed by atoms with Crippen LogP contribution < -0.4 is 4.90 Å². The van der Waals surface area contributed by atoms with Crippen LogP contribution in [0, 0.1) is 5.92 Å². The molecule has 0 spiro atoms. The van der Waals surface area contributed by atoms with Crippen LogP contribution in [0.5, 0.6) is 0 Å². The Kier molecular flexibility index (Phi) is 6.85. The van der Waals surface area contributed by atoms with E-state index in [-0.39, 0.29) is 11.8 Å². The van der Waals surface area contributed by atoms with Crippen molar-refractivity contribution in [3.63, 3.8) is 0 Å². The highest BCUT2D eigenvalue weighted by Gasteiger charge is 2.35. The molecule has 1 aliphatic rings. The van der Waals surface area contributed by atoms with Crippen molar-refractivity contribution in [3.05, 3.63) is 76.1 Å². The molecule has 0 aliphatic carbocycles. The lowest BCUT2D eigenvalue weighted by Crippen LogP contribution is -2.44. The minimum Gasteiger partial charge on any atom is -0.283 e. The van der Waals surface area contributed by atoms with Gasteiger partial charge < -0.3 is 0 Å². The number of aromatic nitrogens is 1. The van der Waals surface area contributed by atoms with Gasteiger partial charge in [-0.1, -0.05) is 63.7 Å². The van der Waals surface area contributed by atoms with Crippen LogP contribution in [0.2, 0.25) is 0 Å². The van der Waals surface area contributed by atoms with Crippen LogP contribution in [-0.4, -0.2) is 36.7 Å². The lowest BCUT2D eigenvalue weighted by Gasteiger charge is -2.32. The van der Waals surface area contributed by atoms with Crippen molar-refractivity contribution in [2.75, 3.05) is 18.0 Å². The number of fused-ring (bicyclic) bond motifs is 1. The molecule has 2 aromatic heterocycles. The van der Waals surface area contributed by atoms with Crippen LogP contribution >= 0.6 is 38.6 Å². The van der Waals surface area contributed by atoms with Gasteiger partial charge in [-0.15, -0.1) is 11.3 Å². The predicted molar refractivity (Wildman–Crippen MR) is 141 cm³/mol. The van der Waals surface area contributed by atoms with E-state index in [1.165, 1.54) is 27.0 Å². The fraction of sp³-hybridized carbons (Fsp3) is 0.250. The zero-order valence-corrected chi connectivity index (χ0v) is 22.2. The van der Waals surface area contributed by atoms with Gasteiger partial charge in [0.1, 0.15) is 4.21 Å². The summed E-state index contributed by atoms with van der Waals surface area (Å²) < 4.78 is 29.6. The summed E-state index contributed by atoms with van der Waals surface area (Å²) in [5.41, 5.74) is 1.87. The molecule has 0 bridgehead atoms. The number of rotatable bonds is 6. The Balaban J connectivity index is 1.38. The summed E-state index contributed by atoms with van der Waals surface area (Å²) >= 11 is 6.22. The Morgan fingerprint density at radius 2 is 1.85 bits per heavy atom. The van der Waals surface area contributed by atoms with Gasteiger partial charge in [-0.2, -0.15) is 4.31 Å². The third kappa shape index (κ3) is 4.83. The summed E-state index contributed by atoms with van der Waals surface area (Å²) in [5, 5.41) is 2.43. The maximum absolute atomic E-state index is 13.7. The van der Waals surface area contributed by atoms with Crippen LogP contribution in [0.15, 0.2) is 74.7 Å². The Labute approximate surface area is 215 Å². The number of thiazole rings is 1. The van der Waals surface area contributed by atoms with Crippen molar-refractivity contribution in [2.45, 2.75) is 23.6 Å². The Morgan fingerprint density at radius 1 is 1.09 bits per heavy atom. The first kappa shape index (κ1) is 23.6. The van der Waals surface area contributed by atoms with Crippen LogP contribution in [-0.2, 0) is 21.4 Å². The van der Waals surface area contributed by atoms with E-state index in [2.05, 4.69) is 15.9 Å². The number of sulfonamides is 1. The smallest absolute Gasteiger partial charge is 0.252 e.